The molecule has 2 rings (SSSR count). The van der Waals surface area contributed by atoms with E-state index in [0.717, 1.165) is 23.7 Å². The van der Waals surface area contributed by atoms with Gasteiger partial charge in [0.05, 0.1) is 0 Å². The van der Waals surface area contributed by atoms with Crippen LogP contribution >= 0.6 is 0 Å². The topological polar surface area (TPSA) is 0 Å². The van der Waals surface area contributed by atoms with Crippen LogP contribution in [0.25, 0.3) is 0 Å². The maximum atomic E-state index is 2.75. The van der Waals surface area contributed by atoms with Crippen LogP contribution < -0.4 is 0 Å². The van der Waals surface area contributed by atoms with Crippen LogP contribution in [-0.2, 0) is 0 Å². The highest BCUT2D eigenvalue weighted by molar-refractivity contribution is 5.10. The van der Waals surface area contributed by atoms with Crippen LogP contribution in [0, 0.1) is 23.7 Å². The Kier molecular flexibility index (Phi) is 8.77. The van der Waals surface area contributed by atoms with E-state index >= 15 is 0 Å². The van der Waals surface area contributed by atoms with Gasteiger partial charge >= 0.3 is 0 Å². The maximum Gasteiger partial charge on any atom is -0.0203 e. The van der Waals surface area contributed by atoms with Crippen molar-refractivity contribution in [2.24, 2.45) is 23.7 Å². The SMILES string of the molecule is CCCCC1CCC(C=C(CC)C2CCC(CCC)CC2)CC1. The van der Waals surface area contributed by atoms with Gasteiger partial charge in [0.1, 0.15) is 0 Å². The molecule has 0 heteroatoms. The molecule has 2 saturated carbocycles. The monoisotopic (exact) mass is 318 g/mol. The van der Waals surface area contributed by atoms with Gasteiger partial charge in [-0.05, 0) is 81.5 Å². The number of allylic oxidation sites excluding steroid dienone is 2. The van der Waals surface area contributed by atoms with E-state index in [1.807, 2.05) is 5.57 Å². The molecule has 0 aromatic rings. The Morgan fingerprint density at radius 2 is 1.35 bits per heavy atom. The Bertz CT molecular complexity index is 324. The highest BCUT2D eigenvalue weighted by Crippen LogP contribution is 2.39. The lowest BCUT2D eigenvalue weighted by Crippen LogP contribution is -2.18. The molecule has 2 aliphatic carbocycles. The van der Waals surface area contributed by atoms with Crippen LogP contribution in [0.3, 0.4) is 0 Å². The number of rotatable bonds is 8. The van der Waals surface area contributed by atoms with Crippen LogP contribution in [-0.4, -0.2) is 0 Å². The molecule has 0 atom stereocenters. The van der Waals surface area contributed by atoms with E-state index in [0.29, 0.717) is 0 Å². The molecule has 0 saturated heterocycles. The fraction of sp³-hybridized carbons (Fsp3) is 0.913. The summed E-state index contributed by atoms with van der Waals surface area (Å²) in [7, 11) is 0. The van der Waals surface area contributed by atoms with Gasteiger partial charge in [-0.2, -0.15) is 0 Å². The Hall–Kier alpha value is -0.260. The fourth-order valence-electron chi connectivity index (χ4n) is 5.21. The predicted octanol–water partition coefficient (Wildman–Crippen LogP) is 7.93. The Morgan fingerprint density at radius 1 is 0.739 bits per heavy atom. The molecule has 0 unspecified atom stereocenters. The van der Waals surface area contributed by atoms with E-state index in [2.05, 4.69) is 26.8 Å². The van der Waals surface area contributed by atoms with Crippen LogP contribution in [0.4, 0.5) is 0 Å². The van der Waals surface area contributed by atoms with Gasteiger partial charge in [-0.15, -0.1) is 0 Å². The van der Waals surface area contributed by atoms with E-state index < -0.39 is 0 Å². The first kappa shape index (κ1) is 19.1. The average Bonchev–Trinajstić information content (AvgIpc) is 2.60. The zero-order valence-corrected chi connectivity index (χ0v) is 16.3. The summed E-state index contributed by atoms with van der Waals surface area (Å²) >= 11 is 0. The second-order valence-electron chi connectivity index (χ2n) is 8.52. The van der Waals surface area contributed by atoms with Crippen molar-refractivity contribution in [3.8, 4) is 0 Å². The lowest BCUT2D eigenvalue weighted by Gasteiger charge is -2.32. The zero-order chi connectivity index (χ0) is 16.5. The molecule has 0 radical (unpaired) electrons. The van der Waals surface area contributed by atoms with Crippen LogP contribution in [0.2, 0.25) is 0 Å². The standard InChI is InChI=1S/C23H42/c1-4-7-9-20-10-12-21(13-11-20)18-22(6-3)23-16-14-19(8-5-2)15-17-23/h18-21,23H,4-17H2,1-3H3. The first-order valence-electron chi connectivity index (χ1n) is 11.0. The molecule has 0 aromatic heterocycles. The first-order valence-corrected chi connectivity index (χ1v) is 11.0. The summed E-state index contributed by atoms with van der Waals surface area (Å²) in [4.78, 5) is 0. The summed E-state index contributed by atoms with van der Waals surface area (Å²) in [6.45, 7) is 7.08. The quantitative estimate of drug-likeness (QED) is 0.399. The van der Waals surface area contributed by atoms with E-state index in [1.54, 1.807) is 0 Å². The third-order valence-electron chi connectivity index (χ3n) is 6.78. The molecular weight excluding hydrogens is 276 g/mol. The summed E-state index contributed by atoms with van der Waals surface area (Å²) in [5.41, 5.74) is 1.83. The minimum atomic E-state index is 0.913. The number of hydrogen-bond acceptors (Lipinski definition) is 0. The number of unbranched alkanes of at least 4 members (excludes halogenated alkanes) is 1. The zero-order valence-electron chi connectivity index (χ0n) is 16.3. The van der Waals surface area contributed by atoms with Crippen molar-refractivity contribution < 1.29 is 0 Å². The van der Waals surface area contributed by atoms with Crippen molar-refractivity contribution in [1.29, 1.82) is 0 Å². The Morgan fingerprint density at radius 3 is 1.91 bits per heavy atom. The summed E-state index contributed by atoms with van der Waals surface area (Å²) in [6, 6.07) is 0. The largest absolute Gasteiger partial charge is 0.0819 e. The molecule has 23 heavy (non-hydrogen) atoms. The van der Waals surface area contributed by atoms with Crippen molar-refractivity contribution in [2.75, 3.05) is 0 Å². The molecule has 0 spiro atoms. The Labute approximate surface area is 146 Å². The second-order valence-corrected chi connectivity index (χ2v) is 8.52. The summed E-state index contributed by atoms with van der Waals surface area (Å²) in [5, 5.41) is 0. The smallest absolute Gasteiger partial charge is 0.0203 e. The molecule has 0 aromatic carbocycles. The van der Waals surface area contributed by atoms with Gasteiger partial charge < -0.3 is 0 Å². The van der Waals surface area contributed by atoms with Crippen molar-refractivity contribution >= 4 is 0 Å². The van der Waals surface area contributed by atoms with E-state index in [9.17, 15) is 0 Å². The molecule has 0 N–H and O–H groups in total. The normalized spacial score (nSPS) is 32.9. The maximum absolute atomic E-state index is 2.75. The van der Waals surface area contributed by atoms with E-state index in [-0.39, 0.29) is 0 Å². The molecule has 0 bridgehead atoms. The van der Waals surface area contributed by atoms with Gasteiger partial charge in [0.15, 0.2) is 0 Å². The molecule has 2 fully saturated rings. The molecule has 0 nitrogen and oxygen atoms in total. The van der Waals surface area contributed by atoms with E-state index in [1.165, 1.54) is 89.9 Å². The molecule has 0 amide bonds. The summed E-state index contributed by atoms with van der Waals surface area (Å²) in [5.74, 6) is 3.94. The minimum absolute atomic E-state index is 0.913. The highest BCUT2D eigenvalue weighted by Gasteiger charge is 2.24. The lowest BCUT2D eigenvalue weighted by molar-refractivity contribution is 0.274. The highest BCUT2D eigenvalue weighted by atomic mass is 14.3. The predicted molar refractivity (Wildman–Crippen MR) is 104 cm³/mol. The van der Waals surface area contributed by atoms with Gasteiger partial charge in [0.25, 0.3) is 0 Å². The summed E-state index contributed by atoms with van der Waals surface area (Å²) in [6.07, 6.45) is 23.1. The van der Waals surface area contributed by atoms with E-state index in [4.69, 9.17) is 0 Å². The van der Waals surface area contributed by atoms with Crippen LogP contribution in [0.15, 0.2) is 11.6 Å². The van der Waals surface area contributed by atoms with Crippen LogP contribution in [0.5, 0.6) is 0 Å². The van der Waals surface area contributed by atoms with Crippen molar-refractivity contribution in [2.45, 2.75) is 111 Å². The van der Waals surface area contributed by atoms with Crippen molar-refractivity contribution in [3.05, 3.63) is 11.6 Å². The second kappa shape index (κ2) is 10.6. The molecule has 0 aliphatic heterocycles. The fourth-order valence-corrected chi connectivity index (χ4v) is 5.21. The number of hydrogen-bond donors (Lipinski definition) is 0. The van der Waals surface area contributed by atoms with Crippen molar-refractivity contribution in [3.63, 3.8) is 0 Å². The van der Waals surface area contributed by atoms with Gasteiger partial charge in [-0.1, -0.05) is 64.5 Å². The Balaban J connectivity index is 1.78. The lowest BCUT2D eigenvalue weighted by atomic mass is 9.74. The first-order chi connectivity index (χ1) is 11.3. The molecule has 2 aliphatic rings. The summed E-state index contributed by atoms with van der Waals surface area (Å²) < 4.78 is 0. The van der Waals surface area contributed by atoms with Gasteiger partial charge in [-0.25, -0.2) is 0 Å². The van der Waals surface area contributed by atoms with Crippen LogP contribution in [0.1, 0.15) is 111 Å². The molecule has 134 valence electrons. The molecule has 0 heterocycles. The average molecular weight is 319 g/mol. The third kappa shape index (κ3) is 6.28. The van der Waals surface area contributed by atoms with Gasteiger partial charge in [-0.3, -0.25) is 0 Å². The van der Waals surface area contributed by atoms with Crippen molar-refractivity contribution in [1.82, 2.24) is 0 Å². The minimum Gasteiger partial charge on any atom is -0.0819 e. The molecular formula is C23H42. The van der Waals surface area contributed by atoms with Gasteiger partial charge in [0.2, 0.25) is 0 Å². The third-order valence-corrected chi connectivity index (χ3v) is 6.78. The van der Waals surface area contributed by atoms with Gasteiger partial charge in [0, 0.05) is 0 Å².